The molecule has 1 unspecified atom stereocenters. The number of carbonyl (C=O) groups excluding carboxylic acids is 1. The predicted octanol–water partition coefficient (Wildman–Crippen LogP) is 1.25. The monoisotopic (exact) mass is 211 g/mol. The number of hydrogen-bond donors (Lipinski definition) is 1. The van der Waals surface area contributed by atoms with Crippen LogP contribution in [0.15, 0.2) is 0 Å². The average Bonchev–Trinajstić information content (AvgIpc) is 2.26. The van der Waals surface area contributed by atoms with Crippen molar-refractivity contribution in [2.24, 2.45) is 5.41 Å². The lowest BCUT2D eigenvalue weighted by Crippen LogP contribution is -2.65. The molecule has 1 heterocycles. The summed E-state index contributed by atoms with van der Waals surface area (Å²) in [4.78, 5) is 24.2. The van der Waals surface area contributed by atoms with Gasteiger partial charge in [-0.15, -0.1) is 0 Å². The van der Waals surface area contributed by atoms with Crippen LogP contribution in [0, 0.1) is 5.41 Å². The van der Waals surface area contributed by atoms with E-state index in [0.717, 1.165) is 25.7 Å². The second-order valence-corrected chi connectivity index (χ2v) is 4.79. The van der Waals surface area contributed by atoms with E-state index < -0.39 is 12.0 Å². The fourth-order valence-corrected chi connectivity index (χ4v) is 2.73. The molecule has 4 nitrogen and oxygen atoms in total. The first-order valence-corrected chi connectivity index (χ1v) is 5.61. The van der Waals surface area contributed by atoms with E-state index in [0.29, 0.717) is 6.54 Å². The third kappa shape index (κ3) is 1.52. The van der Waals surface area contributed by atoms with Crippen LogP contribution in [0.4, 0.5) is 0 Å². The number of carboxylic acid groups (broad SMARTS) is 1. The van der Waals surface area contributed by atoms with Crippen LogP contribution >= 0.6 is 0 Å². The minimum Gasteiger partial charge on any atom is -0.480 e. The molecule has 2 fully saturated rings. The largest absolute Gasteiger partial charge is 0.480 e. The molecule has 1 saturated heterocycles. The van der Waals surface area contributed by atoms with Crippen LogP contribution in [0.2, 0.25) is 0 Å². The summed E-state index contributed by atoms with van der Waals surface area (Å²) >= 11 is 0. The van der Waals surface area contributed by atoms with E-state index in [4.69, 9.17) is 5.11 Å². The maximum atomic E-state index is 11.9. The molecule has 1 aliphatic carbocycles. The van der Waals surface area contributed by atoms with Crippen LogP contribution < -0.4 is 0 Å². The van der Waals surface area contributed by atoms with Gasteiger partial charge in [-0.25, -0.2) is 4.79 Å². The summed E-state index contributed by atoms with van der Waals surface area (Å²) in [6, 6.07) is -0.662. The van der Waals surface area contributed by atoms with Gasteiger partial charge in [0.2, 0.25) is 5.91 Å². The van der Waals surface area contributed by atoms with Crippen molar-refractivity contribution in [3.05, 3.63) is 0 Å². The first kappa shape index (κ1) is 10.5. The number of amides is 1. The second kappa shape index (κ2) is 3.51. The molecule has 4 heteroatoms. The van der Waals surface area contributed by atoms with Crippen molar-refractivity contribution in [3.63, 3.8) is 0 Å². The van der Waals surface area contributed by atoms with Crippen LogP contribution in [0.1, 0.15) is 39.0 Å². The highest BCUT2D eigenvalue weighted by molar-refractivity contribution is 5.92. The second-order valence-electron chi connectivity index (χ2n) is 4.79. The molecule has 1 N–H and O–H groups in total. The van der Waals surface area contributed by atoms with E-state index in [9.17, 15) is 9.59 Å². The van der Waals surface area contributed by atoms with E-state index >= 15 is 0 Å². The number of aliphatic carboxylic acids is 1. The average molecular weight is 211 g/mol. The molecular formula is C11H17NO3. The summed E-state index contributed by atoms with van der Waals surface area (Å²) in [6.45, 7) is 2.23. The van der Waals surface area contributed by atoms with E-state index in [-0.39, 0.29) is 11.3 Å². The van der Waals surface area contributed by atoms with Crippen LogP contribution in [-0.2, 0) is 9.59 Å². The zero-order chi connectivity index (χ0) is 11.1. The van der Waals surface area contributed by atoms with Gasteiger partial charge in [-0.2, -0.15) is 0 Å². The summed E-state index contributed by atoms with van der Waals surface area (Å²) in [5, 5.41) is 8.83. The Kier molecular flexibility index (Phi) is 2.44. The number of hydrogen-bond acceptors (Lipinski definition) is 2. The molecule has 0 radical (unpaired) electrons. The van der Waals surface area contributed by atoms with Crippen molar-refractivity contribution in [3.8, 4) is 0 Å². The number of likely N-dealkylation sites (tertiary alicyclic amines) is 1. The Bertz CT molecular complexity index is 294. The summed E-state index contributed by atoms with van der Waals surface area (Å²) < 4.78 is 0. The topological polar surface area (TPSA) is 57.6 Å². The van der Waals surface area contributed by atoms with E-state index in [1.165, 1.54) is 11.3 Å². The first-order chi connectivity index (χ1) is 7.07. The molecule has 2 rings (SSSR count). The maximum absolute atomic E-state index is 11.9. The van der Waals surface area contributed by atoms with Gasteiger partial charge in [0, 0.05) is 6.54 Å². The molecule has 0 aromatic heterocycles. The quantitative estimate of drug-likeness (QED) is 0.699. The Morgan fingerprint density at radius 1 is 1.40 bits per heavy atom. The van der Waals surface area contributed by atoms with Crippen LogP contribution in [-0.4, -0.2) is 34.5 Å². The summed E-state index contributed by atoms with van der Waals surface area (Å²) in [5.41, 5.74) is -0.179. The molecular weight excluding hydrogens is 194 g/mol. The SMILES string of the molecule is CC(C(=O)O)N1CC2(CCCCC2)C1=O. The summed E-state index contributed by atoms with van der Waals surface area (Å²) in [6.07, 6.45) is 5.34. The van der Waals surface area contributed by atoms with E-state index in [2.05, 4.69) is 0 Å². The van der Waals surface area contributed by atoms with Gasteiger partial charge in [0.15, 0.2) is 0 Å². The fraction of sp³-hybridized carbons (Fsp3) is 0.818. The third-order valence-corrected chi connectivity index (χ3v) is 3.82. The summed E-state index contributed by atoms with van der Waals surface area (Å²) in [7, 11) is 0. The normalized spacial score (nSPS) is 26.2. The zero-order valence-electron chi connectivity index (χ0n) is 9.03. The Morgan fingerprint density at radius 2 is 2.00 bits per heavy atom. The molecule has 15 heavy (non-hydrogen) atoms. The highest BCUT2D eigenvalue weighted by Crippen LogP contribution is 2.45. The van der Waals surface area contributed by atoms with Gasteiger partial charge in [-0.05, 0) is 19.8 Å². The minimum atomic E-state index is -0.908. The Hall–Kier alpha value is -1.06. The van der Waals surface area contributed by atoms with Gasteiger partial charge >= 0.3 is 5.97 Å². The Balaban J connectivity index is 2.01. The molecule has 1 spiro atoms. The molecule has 1 saturated carbocycles. The van der Waals surface area contributed by atoms with Crippen molar-refractivity contribution >= 4 is 11.9 Å². The fourth-order valence-electron chi connectivity index (χ4n) is 2.73. The predicted molar refractivity (Wildman–Crippen MR) is 54.3 cm³/mol. The lowest BCUT2D eigenvalue weighted by Gasteiger charge is -2.52. The Labute approximate surface area is 89.3 Å². The van der Waals surface area contributed by atoms with Gasteiger partial charge in [-0.3, -0.25) is 4.79 Å². The summed E-state index contributed by atoms with van der Waals surface area (Å²) in [5.74, 6) is -0.842. The van der Waals surface area contributed by atoms with E-state index in [1.54, 1.807) is 6.92 Å². The lowest BCUT2D eigenvalue weighted by molar-refractivity contribution is -0.174. The highest BCUT2D eigenvalue weighted by Gasteiger charge is 2.54. The molecule has 1 aliphatic heterocycles. The van der Waals surface area contributed by atoms with Gasteiger partial charge in [-0.1, -0.05) is 19.3 Å². The number of nitrogens with zero attached hydrogens (tertiary/aromatic N) is 1. The standard InChI is InChI=1S/C11H17NO3/c1-8(9(13)14)12-7-11(10(12)15)5-3-2-4-6-11/h8H,2-7H2,1H3,(H,13,14). The van der Waals surface area contributed by atoms with Crippen molar-refractivity contribution in [1.82, 2.24) is 4.90 Å². The zero-order valence-corrected chi connectivity index (χ0v) is 9.03. The number of β-lactam (4-membered cyclic amide) rings is 1. The highest BCUT2D eigenvalue weighted by atomic mass is 16.4. The molecule has 0 aromatic rings. The molecule has 84 valence electrons. The van der Waals surface area contributed by atoms with Gasteiger partial charge in [0.05, 0.1) is 5.41 Å². The number of carboxylic acids is 1. The third-order valence-electron chi connectivity index (χ3n) is 3.82. The van der Waals surface area contributed by atoms with Crippen LogP contribution in [0.3, 0.4) is 0 Å². The number of carbonyl (C=O) groups is 2. The van der Waals surface area contributed by atoms with Gasteiger partial charge in [0.1, 0.15) is 6.04 Å². The van der Waals surface area contributed by atoms with Crippen molar-refractivity contribution in [2.75, 3.05) is 6.54 Å². The van der Waals surface area contributed by atoms with Crippen LogP contribution in [0.5, 0.6) is 0 Å². The maximum Gasteiger partial charge on any atom is 0.326 e. The van der Waals surface area contributed by atoms with Crippen LogP contribution in [0.25, 0.3) is 0 Å². The minimum absolute atomic E-state index is 0.0668. The molecule has 1 atom stereocenters. The molecule has 1 amide bonds. The molecule has 2 aliphatic rings. The lowest BCUT2D eigenvalue weighted by atomic mass is 9.67. The first-order valence-electron chi connectivity index (χ1n) is 5.61. The van der Waals surface area contributed by atoms with Crippen molar-refractivity contribution in [2.45, 2.75) is 45.1 Å². The van der Waals surface area contributed by atoms with Crippen molar-refractivity contribution in [1.29, 1.82) is 0 Å². The smallest absolute Gasteiger partial charge is 0.326 e. The van der Waals surface area contributed by atoms with E-state index in [1.807, 2.05) is 0 Å². The van der Waals surface area contributed by atoms with Gasteiger partial charge in [0.25, 0.3) is 0 Å². The van der Waals surface area contributed by atoms with Gasteiger partial charge < -0.3 is 10.0 Å². The molecule has 0 aromatic carbocycles. The Morgan fingerprint density at radius 3 is 2.47 bits per heavy atom. The molecule has 0 bridgehead atoms. The number of rotatable bonds is 2. The van der Waals surface area contributed by atoms with Crippen molar-refractivity contribution < 1.29 is 14.7 Å².